The largest absolute Gasteiger partial charge is 0.493 e. The van der Waals surface area contributed by atoms with Gasteiger partial charge in [0.25, 0.3) is 0 Å². The molecular formula is C28H44N2O2. The predicted molar refractivity (Wildman–Crippen MR) is 132 cm³/mol. The van der Waals surface area contributed by atoms with E-state index < -0.39 is 0 Å². The molecular weight excluding hydrogens is 396 g/mol. The Morgan fingerprint density at radius 3 is 2.12 bits per heavy atom. The first-order chi connectivity index (χ1) is 15.8. The molecule has 2 aromatic rings. The summed E-state index contributed by atoms with van der Waals surface area (Å²) in [7, 11) is 0. The Hall–Kier alpha value is -1.84. The molecule has 3 rings (SSSR count). The molecule has 178 valence electrons. The Morgan fingerprint density at radius 2 is 1.44 bits per heavy atom. The smallest absolute Gasteiger partial charge is 0.247 e. The number of rotatable bonds is 15. The molecule has 0 saturated heterocycles. The quantitative estimate of drug-likeness (QED) is 0.261. The molecule has 4 heteroatoms. The number of hydrogen-bond donors (Lipinski definition) is 0. The van der Waals surface area contributed by atoms with E-state index in [0.717, 1.165) is 42.6 Å². The Morgan fingerprint density at radius 1 is 0.781 bits per heavy atom. The van der Waals surface area contributed by atoms with E-state index in [2.05, 4.69) is 24.0 Å². The van der Waals surface area contributed by atoms with Crippen molar-refractivity contribution in [2.75, 3.05) is 6.61 Å². The molecule has 32 heavy (non-hydrogen) atoms. The molecule has 1 heterocycles. The standard InChI is InChI=1S/C28H44N2O2/c1-3-5-6-7-8-9-10-11-13-27-29-30-28(32-27)25-18-20-26(21-19-25)31-22-24-16-14-23(12-4-2)15-17-24/h18-21,23-24H,3-17,22H2,1-2H3. The second kappa shape index (κ2) is 14.3. The van der Waals surface area contributed by atoms with Crippen molar-refractivity contribution < 1.29 is 9.15 Å². The van der Waals surface area contributed by atoms with E-state index in [1.54, 1.807) is 0 Å². The van der Waals surface area contributed by atoms with Gasteiger partial charge < -0.3 is 9.15 Å². The van der Waals surface area contributed by atoms with E-state index in [9.17, 15) is 0 Å². The lowest BCUT2D eigenvalue weighted by Crippen LogP contribution is -2.20. The van der Waals surface area contributed by atoms with Gasteiger partial charge in [0.1, 0.15) is 5.75 Å². The summed E-state index contributed by atoms with van der Waals surface area (Å²) in [5.74, 6) is 3.96. The molecule has 1 fully saturated rings. The maximum absolute atomic E-state index is 6.08. The Kier molecular flexibility index (Phi) is 11.1. The number of aromatic nitrogens is 2. The lowest BCUT2D eigenvalue weighted by Gasteiger charge is -2.28. The normalized spacial score (nSPS) is 18.7. The summed E-state index contributed by atoms with van der Waals surface area (Å²) in [5, 5.41) is 8.49. The molecule has 0 bridgehead atoms. The molecule has 0 spiro atoms. The predicted octanol–water partition coefficient (Wildman–Crippen LogP) is 8.41. The zero-order valence-corrected chi connectivity index (χ0v) is 20.5. The van der Waals surface area contributed by atoms with Gasteiger partial charge in [-0.05, 0) is 55.4 Å². The van der Waals surface area contributed by atoms with Crippen LogP contribution >= 0.6 is 0 Å². The van der Waals surface area contributed by atoms with Crippen molar-refractivity contribution in [2.24, 2.45) is 11.8 Å². The summed E-state index contributed by atoms with van der Waals surface area (Å²) in [4.78, 5) is 0. The molecule has 1 aromatic carbocycles. The van der Waals surface area contributed by atoms with Gasteiger partial charge in [0.15, 0.2) is 0 Å². The number of hydrogen-bond acceptors (Lipinski definition) is 4. The van der Waals surface area contributed by atoms with Gasteiger partial charge in [-0.1, -0.05) is 84.5 Å². The number of unbranched alkanes of at least 4 members (excludes halogenated alkanes) is 7. The third-order valence-electron chi connectivity index (χ3n) is 6.96. The minimum absolute atomic E-state index is 0.611. The van der Waals surface area contributed by atoms with Crippen LogP contribution in [-0.4, -0.2) is 16.8 Å². The minimum atomic E-state index is 0.611. The van der Waals surface area contributed by atoms with Gasteiger partial charge in [0.05, 0.1) is 6.61 Å². The van der Waals surface area contributed by atoms with Crippen LogP contribution in [0.2, 0.25) is 0 Å². The average Bonchev–Trinajstić information content (AvgIpc) is 3.30. The van der Waals surface area contributed by atoms with Crippen LogP contribution in [0.4, 0.5) is 0 Å². The Bertz CT molecular complexity index is 732. The molecule has 0 unspecified atom stereocenters. The summed E-state index contributed by atoms with van der Waals surface area (Å²) >= 11 is 0. The maximum atomic E-state index is 6.08. The molecule has 0 aliphatic heterocycles. The van der Waals surface area contributed by atoms with Gasteiger partial charge in [-0.15, -0.1) is 10.2 Å². The molecule has 0 radical (unpaired) electrons. The van der Waals surface area contributed by atoms with E-state index in [0.29, 0.717) is 11.8 Å². The van der Waals surface area contributed by atoms with E-state index in [1.807, 2.05) is 24.3 Å². The number of aryl methyl sites for hydroxylation is 1. The first-order valence-corrected chi connectivity index (χ1v) is 13.3. The zero-order valence-electron chi connectivity index (χ0n) is 20.5. The second-order valence-corrected chi connectivity index (χ2v) is 9.74. The molecule has 0 atom stereocenters. The molecule has 4 nitrogen and oxygen atoms in total. The van der Waals surface area contributed by atoms with Crippen LogP contribution in [0.1, 0.15) is 110 Å². The fourth-order valence-corrected chi connectivity index (χ4v) is 4.88. The van der Waals surface area contributed by atoms with Crippen molar-refractivity contribution in [1.29, 1.82) is 0 Å². The summed E-state index contributed by atoms with van der Waals surface area (Å²) < 4.78 is 12.0. The monoisotopic (exact) mass is 440 g/mol. The highest BCUT2D eigenvalue weighted by molar-refractivity contribution is 5.53. The Labute approximate surface area is 195 Å². The van der Waals surface area contributed by atoms with Crippen LogP contribution < -0.4 is 4.74 Å². The van der Waals surface area contributed by atoms with Gasteiger partial charge in [0.2, 0.25) is 11.8 Å². The van der Waals surface area contributed by atoms with Gasteiger partial charge in [-0.3, -0.25) is 0 Å². The van der Waals surface area contributed by atoms with Crippen molar-refractivity contribution in [3.05, 3.63) is 30.2 Å². The first kappa shape index (κ1) is 24.8. The fraction of sp³-hybridized carbons (Fsp3) is 0.714. The van der Waals surface area contributed by atoms with Crippen molar-refractivity contribution in [3.63, 3.8) is 0 Å². The highest BCUT2D eigenvalue weighted by Crippen LogP contribution is 2.32. The van der Waals surface area contributed by atoms with Gasteiger partial charge in [-0.25, -0.2) is 0 Å². The molecule has 0 amide bonds. The first-order valence-electron chi connectivity index (χ1n) is 13.3. The summed E-state index contributed by atoms with van der Waals surface area (Å²) in [5.41, 5.74) is 0.965. The van der Waals surface area contributed by atoms with E-state index in [1.165, 1.54) is 83.5 Å². The second-order valence-electron chi connectivity index (χ2n) is 9.74. The van der Waals surface area contributed by atoms with E-state index in [4.69, 9.17) is 9.15 Å². The molecule has 1 saturated carbocycles. The lowest BCUT2D eigenvalue weighted by atomic mass is 9.80. The topological polar surface area (TPSA) is 48.2 Å². The van der Waals surface area contributed by atoms with Crippen LogP contribution in [0.25, 0.3) is 11.5 Å². The SMILES string of the molecule is CCCCCCCCCCc1nnc(-c2ccc(OCC3CCC(CCC)CC3)cc2)o1. The highest BCUT2D eigenvalue weighted by Gasteiger charge is 2.21. The number of nitrogens with zero attached hydrogens (tertiary/aromatic N) is 2. The van der Waals surface area contributed by atoms with Crippen LogP contribution in [0.5, 0.6) is 5.75 Å². The summed E-state index contributed by atoms with van der Waals surface area (Å²) in [6.07, 6.45) is 19.4. The highest BCUT2D eigenvalue weighted by atomic mass is 16.5. The lowest BCUT2D eigenvalue weighted by molar-refractivity contribution is 0.178. The van der Waals surface area contributed by atoms with Crippen molar-refractivity contribution in [2.45, 2.75) is 110 Å². The number of ether oxygens (including phenoxy) is 1. The van der Waals surface area contributed by atoms with Crippen molar-refractivity contribution in [3.8, 4) is 17.2 Å². The molecule has 1 aliphatic carbocycles. The van der Waals surface area contributed by atoms with Gasteiger partial charge in [-0.2, -0.15) is 0 Å². The van der Waals surface area contributed by atoms with E-state index in [-0.39, 0.29) is 0 Å². The third kappa shape index (κ3) is 8.60. The summed E-state index contributed by atoms with van der Waals surface area (Å²) in [6, 6.07) is 8.11. The minimum Gasteiger partial charge on any atom is -0.493 e. The van der Waals surface area contributed by atoms with Crippen LogP contribution in [0, 0.1) is 11.8 Å². The Balaban J connectivity index is 1.34. The molecule has 1 aliphatic rings. The van der Waals surface area contributed by atoms with Crippen LogP contribution in [0.15, 0.2) is 28.7 Å². The van der Waals surface area contributed by atoms with Gasteiger partial charge >= 0.3 is 0 Å². The van der Waals surface area contributed by atoms with Crippen LogP contribution in [0.3, 0.4) is 0 Å². The molecule has 0 N–H and O–H groups in total. The molecule has 1 aromatic heterocycles. The van der Waals surface area contributed by atoms with Crippen molar-refractivity contribution in [1.82, 2.24) is 10.2 Å². The maximum Gasteiger partial charge on any atom is 0.247 e. The zero-order chi connectivity index (χ0) is 22.4. The van der Waals surface area contributed by atoms with Crippen molar-refractivity contribution >= 4 is 0 Å². The van der Waals surface area contributed by atoms with Gasteiger partial charge in [0, 0.05) is 12.0 Å². The third-order valence-corrected chi connectivity index (χ3v) is 6.96. The van der Waals surface area contributed by atoms with Crippen LogP contribution in [-0.2, 0) is 6.42 Å². The average molecular weight is 441 g/mol. The van der Waals surface area contributed by atoms with E-state index >= 15 is 0 Å². The fourth-order valence-electron chi connectivity index (χ4n) is 4.88. The summed E-state index contributed by atoms with van der Waals surface area (Å²) in [6.45, 7) is 5.40. The number of benzene rings is 1.